The van der Waals surface area contributed by atoms with E-state index in [1.807, 2.05) is 13.8 Å². The van der Waals surface area contributed by atoms with Crippen molar-refractivity contribution in [2.75, 3.05) is 18.4 Å². The minimum Gasteiger partial charge on any atom is -0.372 e. The van der Waals surface area contributed by atoms with E-state index in [2.05, 4.69) is 10.3 Å². The maximum absolute atomic E-state index is 12.9. The van der Waals surface area contributed by atoms with E-state index in [4.69, 9.17) is 4.74 Å². The molecule has 0 bridgehead atoms. The highest BCUT2D eigenvalue weighted by atomic mass is 16.5. The molecule has 1 N–H and O–H groups in total. The number of benzene rings is 1. The summed E-state index contributed by atoms with van der Waals surface area (Å²) in [7, 11) is 0. The summed E-state index contributed by atoms with van der Waals surface area (Å²) in [5.41, 5.74) is 1.47. The number of amides is 2. The topological polar surface area (TPSA) is 71.5 Å². The van der Waals surface area contributed by atoms with Crippen LogP contribution in [0.15, 0.2) is 48.8 Å². The molecule has 1 aliphatic rings. The first kappa shape index (κ1) is 17.1. The Morgan fingerprint density at radius 1 is 1.08 bits per heavy atom. The number of nitrogens with zero attached hydrogens (tertiary/aromatic N) is 2. The SMILES string of the molecule is C[C@@H]1CN(C(=O)c2ccccc2NC(=O)c2ccncc2)C[C@H](C)O1. The zero-order valence-corrected chi connectivity index (χ0v) is 14.3. The lowest BCUT2D eigenvalue weighted by Gasteiger charge is -2.35. The smallest absolute Gasteiger partial charge is 0.256 e. The van der Waals surface area contributed by atoms with Crippen LogP contribution in [0.3, 0.4) is 0 Å². The summed E-state index contributed by atoms with van der Waals surface area (Å²) >= 11 is 0. The van der Waals surface area contributed by atoms with Crippen LogP contribution < -0.4 is 5.32 Å². The van der Waals surface area contributed by atoms with Crippen LogP contribution in [-0.2, 0) is 4.74 Å². The molecule has 3 rings (SSSR count). The van der Waals surface area contributed by atoms with Crippen molar-refractivity contribution in [3.63, 3.8) is 0 Å². The van der Waals surface area contributed by atoms with E-state index >= 15 is 0 Å². The Hall–Kier alpha value is -2.73. The first-order chi connectivity index (χ1) is 12.0. The largest absolute Gasteiger partial charge is 0.372 e. The molecule has 6 heteroatoms. The summed E-state index contributed by atoms with van der Waals surface area (Å²) in [6.07, 6.45) is 3.10. The summed E-state index contributed by atoms with van der Waals surface area (Å²) in [5, 5.41) is 2.82. The number of anilines is 1. The van der Waals surface area contributed by atoms with Crippen LogP contribution in [0.2, 0.25) is 0 Å². The van der Waals surface area contributed by atoms with Crippen LogP contribution in [-0.4, -0.2) is 47.0 Å². The van der Waals surface area contributed by atoms with Crippen LogP contribution in [0.5, 0.6) is 0 Å². The Morgan fingerprint density at radius 2 is 1.72 bits per heavy atom. The van der Waals surface area contributed by atoms with Crippen molar-refractivity contribution in [2.45, 2.75) is 26.1 Å². The molecule has 0 unspecified atom stereocenters. The molecule has 2 aromatic rings. The van der Waals surface area contributed by atoms with E-state index in [0.717, 1.165) is 0 Å². The van der Waals surface area contributed by atoms with Crippen LogP contribution in [0.4, 0.5) is 5.69 Å². The molecule has 1 aromatic heterocycles. The molecule has 2 heterocycles. The average molecular weight is 339 g/mol. The zero-order valence-electron chi connectivity index (χ0n) is 14.3. The molecule has 0 spiro atoms. The van der Waals surface area contributed by atoms with E-state index < -0.39 is 0 Å². The highest BCUT2D eigenvalue weighted by molar-refractivity contribution is 6.08. The van der Waals surface area contributed by atoms with Gasteiger partial charge in [-0.3, -0.25) is 14.6 Å². The van der Waals surface area contributed by atoms with Gasteiger partial charge < -0.3 is 15.0 Å². The number of carbonyl (C=O) groups is 2. The number of rotatable bonds is 3. The fraction of sp³-hybridized carbons (Fsp3) is 0.316. The van der Waals surface area contributed by atoms with Gasteiger partial charge in [0.05, 0.1) is 23.5 Å². The van der Waals surface area contributed by atoms with Gasteiger partial charge in [-0.2, -0.15) is 0 Å². The number of nitrogens with one attached hydrogen (secondary N) is 1. The van der Waals surface area contributed by atoms with Crippen molar-refractivity contribution in [1.29, 1.82) is 0 Å². The van der Waals surface area contributed by atoms with Gasteiger partial charge in [0.25, 0.3) is 11.8 Å². The molecule has 6 nitrogen and oxygen atoms in total. The first-order valence-electron chi connectivity index (χ1n) is 8.29. The van der Waals surface area contributed by atoms with Crippen LogP contribution in [0.1, 0.15) is 34.6 Å². The number of carbonyl (C=O) groups excluding carboxylic acids is 2. The maximum atomic E-state index is 12.9. The number of hydrogen-bond acceptors (Lipinski definition) is 4. The lowest BCUT2D eigenvalue weighted by molar-refractivity contribution is -0.0585. The Labute approximate surface area is 146 Å². The van der Waals surface area contributed by atoms with E-state index in [1.54, 1.807) is 53.7 Å². The predicted molar refractivity (Wildman–Crippen MR) is 94.5 cm³/mol. The summed E-state index contributed by atoms with van der Waals surface area (Å²) in [6, 6.07) is 10.3. The fourth-order valence-electron chi connectivity index (χ4n) is 2.99. The molecule has 25 heavy (non-hydrogen) atoms. The van der Waals surface area contributed by atoms with Crippen LogP contribution in [0, 0.1) is 0 Å². The quantitative estimate of drug-likeness (QED) is 0.933. The fourth-order valence-corrected chi connectivity index (χ4v) is 2.99. The molecule has 0 aliphatic carbocycles. The molecule has 0 saturated carbocycles. The van der Waals surface area contributed by atoms with E-state index in [-0.39, 0.29) is 24.0 Å². The van der Waals surface area contributed by atoms with Gasteiger partial charge >= 0.3 is 0 Å². The van der Waals surface area contributed by atoms with Gasteiger partial charge in [0.15, 0.2) is 0 Å². The van der Waals surface area contributed by atoms with E-state index in [0.29, 0.717) is 29.9 Å². The van der Waals surface area contributed by atoms with Crippen molar-refractivity contribution >= 4 is 17.5 Å². The lowest BCUT2D eigenvalue weighted by atomic mass is 10.1. The molecule has 1 aromatic carbocycles. The molecular weight excluding hydrogens is 318 g/mol. The highest BCUT2D eigenvalue weighted by Gasteiger charge is 2.28. The zero-order chi connectivity index (χ0) is 17.8. The van der Waals surface area contributed by atoms with Crippen molar-refractivity contribution in [3.05, 3.63) is 59.9 Å². The molecular formula is C19H21N3O3. The molecule has 2 amide bonds. The lowest BCUT2D eigenvalue weighted by Crippen LogP contribution is -2.48. The van der Waals surface area contributed by atoms with Crippen molar-refractivity contribution in [1.82, 2.24) is 9.88 Å². The van der Waals surface area contributed by atoms with Crippen molar-refractivity contribution in [2.24, 2.45) is 0 Å². The maximum Gasteiger partial charge on any atom is 0.256 e. The summed E-state index contributed by atoms with van der Waals surface area (Å²) < 4.78 is 5.69. The average Bonchev–Trinajstić information content (AvgIpc) is 2.61. The molecule has 1 fully saturated rings. The van der Waals surface area contributed by atoms with Gasteiger partial charge in [-0.1, -0.05) is 12.1 Å². The van der Waals surface area contributed by atoms with E-state index in [9.17, 15) is 9.59 Å². The minimum absolute atomic E-state index is 0.00808. The number of morpholine rings is 1. The molecule has 130 valence electrons. The standard InChI is InChI=1S/C19H21N3O3/c1-13-11-22(12-14(2)25-13)19(24)16-5-3-4-6-17(16)21-18(23)15-7-9-20-10-8-15/h3-10,13-14H,11-12H2,1-2H3,(H,21,23)/t13-,14+. The number of aromatic nitrogens is 1. The number of hydrogen-bond donors (Lipinski definition) is 1. The second-order valence-electron chi connectivity index (χ2n) is 6.20. The third kappa shape index (κ3) is 4.03. The Balaban J connectivity index is 1.81. The summed E-state index contributed by atoms with van der Waals surface area (Å²) in [4.78, 5) is 31.0. The molecule has 2 atom stereocenters. The Morgan fingerprint density at radius 3 is 2.40 bits per heavy atom. The number of pyridine rings is 1. The normalized spacial score (nSPS) is 20.2. The van der Waals surface area contributed by atoms with Gasteiger partial charge in [0.2, 0.25) is 0 Å². The van der Waals surface area contributed by atoms with E-state index in [1.165, 1.54) is 0 Å². The summed E-state index contributed by atoms with van der Waals surface area (Å²) in [6.45, 7) is 4.98. The van der Waals surface area contributed by atoms with Gasteiger partial charge in [-0.05, 0) is 38.1 Å². The predicted octanol–water partition coefficient (Wildman–Crippen LogP) is 2.58. The molecule has 1 aliphatic heterocycles. The van der Waals surface area contributed by atoms with Crippen molar-refractivity contribution in [3.8, 4) is 0 Å². The second-order valence-corrected chi connectivity index (χ2v) is 6.20. The number of ether oxygens (including phenoxy) is 1. The Bertz CT molecular complexity index is 754. The molecule has 1 saturated heterocycles. The summed E-state index contributed by atoms with van der Waals surface area (Å²) in [5.74, 6) is -0.376. The minimum atomic E-state index is -0.272. The van der Waals surface area contributed by atoms with Crippen LogP contribution >= 0.6 is 0 Å². The Kier molecular flexibility index (Phi) is 5.09. The first-order valence-corrected chi connectivity index (χ1v) is 8.29. The third-order valence-electron chi connectivity index (χ3n) is 4.06. The van der Waals surface area contributed by atoms with Gasteiger partial charge in [0, 0.05) is 31.0 Å². The third-order valence-corrected chi connectivity index (χ3v) is 4.06. The monoisotopic (exact) mass is 339 g/mol. The van der Waals surface area contributed by atoms with Gasteiger partial charge in [-0.15, -0.1) is 0 Å². The van der Waals surface area contributed by atoms with Gasteiger partial charge in [-0.25, -0.2) is 0 Å². The highest BCUT2D eigenvalue weighted by Crippen LogP contribution is 2.21. The van der Waals surface area contributed by atoms with Crippen LogP contribution in [0.25, 0.3) is 0 Å². The number of para-hydroxylation sites is 1. The second kappa shape index (κ2) is 7.44. The van der Waals surface area contributed by atoms with Gasteiger partial charge in [0.1, 0.15) is 0 Å². The van der Waals surface area contributed by atoms with Crippen molar-refractivity contribution < 1.29 is 14.3 Å². The molecule has 0 radical (unpaired) electrons.